The van der Waals surface area contributed by atoms with Crippen molar-refractivity contribution >= 4 is 11.9 Å². The molecule has 29 heavy (non-hydrogen) atoms. The minimum absolute atomic E-state index is 0.0223. The Labute approximate surface area is 170 Å². The third-order valence-electron chi connectivity index (χ3n) is 4.79. The van der Waals surface area contributed by atoms with Crippen LogP contribution >= 0.6 is 0 Å². The van der Waals surface area contributed by atoms with Gasteiger partial charge in [0, 0.05) is 32.6 Å². The lowest BCUT2D eigenvalue weighted by Crippen LogP contribution is -2.42. The summed E-state index contributed by atoms with van der Waals surface area (Å²) in [6.07, 6.45) is 1.30. The molecule has 3 rings (SSSR count). The standard InChI is InChI=1S/C22H27FN4O2/c1-27(2)21(28)15-25-22(24-13-11-16-7-3-5-9-18(16)23)26-19-12-14-29-20-10-6-4-8-17(19)20/h3-10,19H,11-15H2,1-2H3,(H2,24,25,26). The summed E-state index contributed by atoms with van der Waals surface area (Å²) in [5.41, 5.74) is 1.70. The first-order chi connectivity index (χ1) is 14.0. The van der Waals surface area contributed by atoms with E-state index in [0.29, 0.717) is 31.1 Å². The van der Waals surface area contributed by atoms with Crippen molar-refractivity contribution in [2.45, 2.75) is 18.9 Å². The Bertz CT molecular complexity index is 869. The number of rotatable bonds is 6. The van der Waals surface area contributed by atoms with Crippen LogP contribution < -0.4 is 15.4 Å². The van der Waals surface area contributed by atoms with Crippen molar-refractivity contribution in [1.29, 1.82) is 0 Å². The number of amides is 1. The SMILES string of the molecule is CN(C)C(=O)CN=C(NCCc1ccccc1F)NC1CCOc2ccccc21. The second kappa shape index (κ2) is 9.91. The molecule has 0 bridgehead atoms. The van der Waals surface area contributed by atoms with Gasteiger partial charge in [0.25, 0.3) is 0 Å². The van der Waals surface area contributed by atoms with E-state index in [1.807, 2.05) is 30.3 Å². The maximum Gasteiger partial charge on any atom is 0.243 e. The Morgan fingerprint density at radius 3 is 2.76 bits per heavy atom. The molecule has 6 nitrogen and oxygen atoms in total. The van der Waals surface area contributed by atoms with E-state index in [4.69, 9.17) is 4.74 Å². The molecule has 0 spiro atoms. The number of benzene rings is 2. The zero-order valence-corrected chi connectivity index (χ0v) is 16.8. The highest BCUT2D eigenvalue weighted by atomic mass is 19.1. The number of fused-ring (bicyclic) bond motifs is 1. The number of carbonyl (C=O) groups is 1. The molecule has 0 radical (unpaired) electrons. The third-order valence-corrected chi connectivity index (χ3v) is 4.79. The average Bonchev–Trinajstić information content (AvgIpc) is 2.73. The van der Waals surface area contributed by atoms with Gasteiger partial charge < -0.3 is 20.3 Å². The highest BCUT2D eigenvalue weighted by molar-refractivity contribution is 5.85. The molecule has 154 valence electrons. The van der Waals surface area contributed by atoms with Crippen LogP contribution in [0.3, 0.4) is 0 Å². The molecule has 1 aliphatic heterocycles. The van der Waals surface area contributed by atoms with Crippen LogP contribution in [0, 0.1) is 5.82 Å². The maximum absolute atomic E-state index is 13.9. The van der Waals surface area contributed by atoms with Gasteiger partial charge in [0.15, 0.2) is 5.96 Å². The lowest BCUT2D eigenvalue weighted by molar-refractivity contribution is -0.127. The molecule has 1 atom stereocenters. The van der Waals surface area contributed by atoms with E-state index in [1.54, 1.807) is 26.2 Å². The zero-order chi connectivity index (χ0) is 20.6. The number of nitrogens with one attached hydrogen (secondary N) is 2. The largest absolute Gasteiger partial charge is 0.493 e. The number of carbonyl (C=O) groups excluding carboxylic acids is 1. The summed E-state index contributed by atoms with van der Waals surface area (Å²) in [4.78, 5) is 17.9. The van der Waals surface area contributed by atoms with Crippen LogP contribution in [0.2, 0.25) is 0 Å². The number of likely N-dealkylation sites (N-methyl/N-ethyl adjacent to an activating group) is 1. The first-order valence-electron chi connectivity index (χ1n) is 9.74. The number of halogens is 1. The fraction of sp³-hybridized carbons (Fsp3) is 0.364. The highest BCUT2D eigenvalue weighted by Crippen LogP contribution is 2.31. The summed E-state index contributed by atoms with van der Waals surface area (Å²) in [7, 11) is 3.40. The number of guanidine groups is 1. The second-order valence-electron chi connectivity index (χ2n) is 7.09. The van der Waals surface area contributed by atoms with Crippen LogP contribution in [0.15, 0.2) is 53.5 Å². The van der Waals surface area contributed by atoms with Gasteiger partial charge in [0.1, 0.15) is 18.1 Å². The molecule has 2 N–H and O–H groups in total. The van der Waals surface area contributed by atoms with Crippen molar-refractivity contribution < 1.29 is 13.9 Å². The summed E-state index contributed by atoms with van der Waals surface area (Å²) >= 11 is 0. The van der Waals surface area contributed by atoms with Gasteiger partial charge in [-0.25, -0.2) is 9.38 Å². The molecule has 1 unspecified atom stereocenters. The van der Waals surface area contributed by atoms with E-state index in [1.165, 1.54) is 11.0 Å². The predicted octanol–water partition coefficient (Wildman–Crippen LogP) is 2.52. The van der Waals surface area contributed by atoms with Gasteiger partial charge in [-0.05, 0) is 24.1 Å². The molecule has 1 heterocycles. The lowest BCUT2D eigenvalue weighted by atomic mass is 10.0. The van der Waals surface area contributed by atoms with E-state index in [0.717, 1.165) is 17.7 Å². The van der Waals surface area contributed by atoms with Gasteiger partial charge in [0.2, 0.25) is 5.91 Å². The van der Waals surface area contributed by atoms with Gasteiger partial charge in [0.05, 0.1) is 12.6 Å². The molecule has 1 amide bonds. The molecule has 0 saturated carbocycles. The summed E-state index contributed by atoms with van der Waals surface area (Å²) in [6, 6.07) is 14.6. The third kappa shape index (κ3) is 5.70. The van der Waals surface area contributed by atoms with Crippen LogP contribution in [-0.2, 0) is 11.2 Å². The molecule has 0 fully saturated rings. The van der Waals surface area contributed by atoms with Crippen molar-refractivity contribution in [3.8, 4) is 5.75 Å². The Morgan fingerprint density at radius 2 is 1.97 bits per heavy atom. The first-order valence-corrected chi connectivity index (χ1v) is 9.74. The number of para-hydroxylation sites is 1. The lowest BCUT2D eigenvalue weighted by Gasteiger charge is -2.28. The number of nitrogens with zero attached hydrogens (tertiary/aromatic N) is 2. The zero-order valence-electron chi connectivity index (χ0n) is 16.8. The molecular weight excluding hydrogens is 371 g/mol. The summed E-state index contributed by atoms with van der Waals surface area (Å²) in [5.74, 6) is 1.07. The smallest absolute Gasteiger partial charge is 0.243 e. The molecule has 7 heteroatoms. The number of ether oxygens (including phenoxy) is 1. The first kappa shape index (κ1) is 20.6. The van der Waals surface area contributed by atoms with E-state index < -0.39 is 0 Å². The Hall–Kier alpha value is -3.09. The van der Waals surface area contributed by atoms with E-state index in [9.17, 15) is 9.18 Å². The van der Waals surface area contributed by atoms with Crippen LogP contribution in [0.25, 0.3) is 0 Å². The molecule has 0 aromatic heterocycles. The number of aliphatic imine (C=N–C) groups is 1. The fourth-order valence-electron chi connectivity index (χ4n) is 3.11. The average molecular weight is 398 g/mol. The highest BCUT2D eigenvalue weighted by Gasteiger charge is 2.22. The van der Waals surface area contributed by atoms with E-state index in [2.05, 4.69) is 15.6 Å². The van der Waals surface area contributed by atoms with Crippen molar-refractivity contribution in [2.24, 2.45) is 4.99 Å². The van der Waals surface area contributed by atoms with Gasteiger partial charge >= 0.3 is 0 Å². The quantitative estimate of drug-likeness (QED) is 0.580. The van der Waals surface area contributed by atoms with Crippen molar-refractivity contribution in [3.63, 3.8) is 0 Å². The topological polar surface area (TPSA) is 66.0 Å². The molecule has 2 aromatic rings. The maximum atomic E-state index is 13.9. The number of hydrogen-bond donors (Lipinski definition) is 2. The van der Waals surface area contributed by atoms with E-state index >= 15 is 0 Å². The van der Waals surface area contributed by atoms with Crippen molar-refractivity contribution in [3.05, 3.63) is 65.5 Å². The van der Waals surface area contributed by atoms with Gasteiger partial charge in [-0.15, -0.1) is 0 Å². The van der Waals surface area contributed by atoms with Crippen LogP contribution in [0.5, 0.6) is 5.75 Å². The van der Waals surface area contributed by atoms with Gasteiger partial charge in [-0.1, -0.05) is 36.4 Å². The summed E-state index contributed by atoms with van der Waals surface area (Å²) < 4.78 is 19.6. The minimum Gasteiger partial charge on any atom is -0.493 e. The summed E-state index contributed by atoms with van der Waals surface area (Å²) in [5, 5.41) is 6.63. The second-order valence-corrected chi connectivity index (χ2v) is 7.09. The van der Waals surface area contributed by atoms with Crippen molar-refractivity contribution in [2.75, 3.05) is 33.8 Å². The Morgan fingerprint density at radius 1 is 1.21 bits per heavy atom. The summed E-state index contributed by atoms with van der Waals surface area (Å²) in [6.45, 7) is 1.13. The molecule has 0 aliphatic carbocycles. The fourth-order valence-corrected chi connectivity index (χ4v) is 3.11. The number of hydrogen-bond acceptors (Lipinski definition) is 3. The normalized spacial score (nSPS) is 15.8. The van der Waals surface area contributed by atoms with Gasteiger partial charge in [-0.2, -0.15) is 0 Å². The monoisotopic (exact) mass is 398 g/mol. The molecule has 1 aliphatic rings. The molecule has 2 aromatic carbocycles. The van der Waals surface area contributed by atoms with Gasteiger partial charge in [-0.3, -0.25) is 4.79 Å². The Kier molecular flexibility index (Phi) is 7.05. The van der Waals surface area contributed by atoms with Crippen LogP contribution in [-0.4, -0.2) is 50.6 Å². The van der Waals surface area contributed by atoms with E-state index in [-0.39, 0.29) is 24.3 Å². The predicted molar refractivity (Wildman–Crippen MR) is 112 cm³/mol. The minimum atomic E-state index is -0.220. The van der Waals surface area contributed by atoms with Crippen LogP contribution in [0.4, 0.5) is 4.39 Å². The molecule has 0 saturated heterocycles. The van der Waals surface area contributed by atoms with Crippen molar-refractivity contribution in [1.82, 2.24) is 15.5 Å². The van der Waals surface area contributed by atoms with Crippen LogP contribution in [0.1, 0.15) is 23.6 Å². The molecular formula is C22H27FN4O2. The Balaban J connectivity index is 1.69.